The number of urea groups is 1. The molecule has 0 spiro atoms. The second kappa shape index (κ2) is 8.58. The molecule has 0 heterocycles. The van der Waals surface area contributed by atoms with Crippen LogP contribution in [0.5, 0.6) is 0 Å². The highest BCUT2D eigenvalue weighted by Crippen LogP contribution is 1.96. The van der Waals surface area contributed by atoms with Gasteiger partial charge in [-0.3, -0.25) is 10.1 Å². The molecule has 0 rings (SSSR count). The van der Waals surface area contributed by atoms with Gasteiger partial charge >= 0.3 is 6.03 Å². The maximum absolute atomic E-state index is 11.0. The summed E-state index contributed by atoms with van der Waals surface area (Å²) in [5.74, 6) is 0.286. The van der Waals surface area contributed by atoms with Crippen molar-refractivity contribution in [2.24, 2.45) is 0 Å². The quantitative estimate of drug-likeness (QED) is 0.423. The van der Waals surface area contributed by atoms with Crippen LogP contribution in [0.25, 0.3) is 0 Å². The molecule has 0 unspecified atom stereocenters. The topological polar surface area (TPSA) is 78.4 Å². The number of aliphatic hydroxyl groups is 1. The van der Waals surface area contributed by atoms with E-state index in [2.05, 4.69) is 17.2 Å². The van der Waals surface area contributed by atoms with Crippen LogP contribution in [-0.4, -0.2) is 41.7 Å². The van der Waals surface area contributed by atoms with Gasteiger partial charge in [0.1, 0.15) is 0 Å². The molecule has 0 radical (unpaired) electrons. The molecular formula is C8H14N2O3S. The van der Waals surface area contributed by atoms with Crippen LogP contribution in [-0.2, 0) is 4.79 Å². The lowest BCUT2D eigenvalue weighted by Crippen LogP contribution is -2.40. The summed E-state index contributed by atoms with van der Waals surface area (Å²) in [4.78, 5) is 21.9. The number of aliphatic hydroxyl groups excluding tert-OH is 1. The van der Waals surface area contributed by atoms with Crippen LogP contribution < -0.4 is 10.6 Å². The van der Waals surface area contributed by atoms with Gasteiger partial charge < -0.3 is 10.4 Å². The molecule has 80 valence electrons. The van der Waals surface area contributed by atoms with Gasteiger partial charge in [0.15, 0.2) is 0 Å². The first-order valence-corrected chi connectivity index (χ1v) is 5.23. The Morgan fingerprint density at radius 3 is 2.79 bits per heavy atom. The Kier molecular flexibility index (Phi) is 7.96. The summed E-state index contributed by atoms with van der Waals surface area (Å²) in [6.07, 6.45) is 1.52. The summed E-state index contributed by atoms with van der Waals surface area (Å²) in [5.41, 5.74) is 0. The van der Waals surface area contributed by atoms with E-state index in [1.54, 1.807) is 0 Å². The first kappa shape index (κ1) is 13.0. The fourth-order valence-electron chi connectivity index (χ4n) is 0.601. The zero-order chi connectivity index (χ0) is 10.8. The van der Waals surface area contributed by atoms with E-state index in [0.29, 0.717) is 12.3 Å². The smallest absolute Gasteiger partial charge is 0.321 e. The van der Waals surface area contributed by atoms with Crippen molar-refractivity contribution in [3.05, 3.63) is 12.7 Å². The number of carbonyl (C=O) groups is 2. The highest BCUT2D eigenvalue weighted by atomic mass is 32.2. The molecular weight excluding hydrogens is 204 g/mol. The predicted octanol–water partition coefficient (Wildman–Crippen LogP) is -0.276. The fourth-order valence-corrected chi connectivity index (χ4v) is 1.13. The number of hydrogen-bond acceptors (Lipinski definition) is 4. The van der Waals surface area contributed by atoms with Gasteiger partial charge in [0.25, 0.3) is 0 Å². The van der Waals surface area contributed by atoms with Gasteiger partial charge in [0.05, 0.1) is 12.4 Å². The number of amides is 3. The maximum atomic E-state index is 11.0. The maximum Gasteiger partial charge on any atom is 0.321 e. The van der Waals surface area contributed by atoms with E-state index in [9.17, 15) is 9.59 Å². The molecule has 0 aromatic rings. The van der Waals surface area contributed by atoms with Crippen molar-refractivity contribution >= 4 is 23.7 Å². The van der Waals surface area contributed by atoms with E-state index in [-0.39, 0.29) is 18.3 Å². The van der Waals surface area contributed by atoms with Crippen molar-refractivity contribution < 1.29 is 14.7 Å². The van der Waals surface area contributed by atoms with Crippen molar-refractivity contribution in [3.63, 3.8) is 0 Å². The van der Waals surface area contributed by atoms with Gasteiger partial charge in [-0.15, -0.1) is 18.3 Å². The van der Waals surface area contributed by atoms with E-state index in [1.807, 2.05) is 0 Å². The van der Waals surface area contributed by atoms with Gasteiger partial charge in [-0.1, -0.05) is 6.08 Å². The summed E-state index contributed by atoms with van der Waals surface area (Å²) in [7, 11) is 0. The fraction of sp³-hybridized carbons (Fsp3) is 0.500. The number of thioether (sulfide) groups is 1. The van der Waals surface area contributed by atoms with E-state index in [1.165, 1.54) is 17.8 Å². The minimum Gasteiger partial charge on any atom is -0.396 e. The van der Waals surface area contributed by atoms with Gasteiger partial charge in [-0.25, -0.2) is 4.79 Å². The Labute approximate surface area is 86.9 Å². The largest absolute Gasteiger partial charge is 0.396 e. The molecule has 5 nitrogen and oxygen atoms in total. The van der Waals surface area contributed by atoms with Gasteiger partial charge in [0, 0.05) is 12.3 Å². The summed E-state index contributed by atoms with van der Waals surface area (Å²) in [6, 6.07) is -0.528. The lowest BCUT2D eigenvalue weighted by atomic mass is 10.6. The Hall–Kier alpha value is -1.01. The average molecular weight is 218 g/mol. The average Bonchev–Trinajstić information content (AvgIpc) is 2.15. The molecule has 0 aliphatic rings. The summed E-state index contributed by atoms with van der Waals surface area (Å²) >= 11 is 1.26. The standard InChI is InChI=1S/C8H14N2O3S/c1-2-3-9-8(13)10-7(12)6-14-5-4-11/h2,11H,1,3-6H2,(H2,9,10,12,13). The first-order valence-electron chi connectivity index (χ1n) is 4.08. The minimum absolute atomic E-state index is 0.0284. The second-order valence-corrected chi connectivity index (χ2v) is 3.43. The SMILES string of the molecule is C=CCNC(=O)NC(=O)CSCCO. The van der Waals surface area contributed by atoms with E-state index < -0.39 is 6.03 Å². The van der Waals surface area contributed by atoms with Crippen LogP contribution in [0.15, 0.2) is 12.7 Å². The van der Waals surface area contributed by atoms with Gasteiger partial charge in [-0.05, 0) is 0 Å². The van der Waals surface area contributed by atoms with Crippen LogP contribution in [0.4, 0.5) is 4.79 Å². The minimum atomic E-state index is -0.528. The Bertz CT molecular complexity index is 209. The summed E-state index contributed by atoms with van der Waals surface area (Å²) < 4.78 is 0. The van der Waals surface area contributed by atoms with Crippen LogP contribution >= 0.6 is 11.8 Å². The molecule has 0 atom stereocenters. The number of carbonyl (C=O) groups excluding carboxylic acids is 2. The lowest BCUT2D eigenvalue weighted by molar-refractivity contribution is -0.117. The molecule has 14 heavy (non-hydrogen) atoms. The molecule has 0 aliphatic heterocycles. The number of nitrogens with one attached hydrogen (secondary N) is 2. The normalized spacial score (nSPS) is 9.21. The monoisotopic (exact) mass is 218 g/mol. The molecule has 0 saturated heterocycles. The van der Waals surface area contributed by atoms with E-state index in [4.69, 9.17) is 5.11 Å². The Balaban J connectivity index is 3.50. The molecule has 0 aliphatic carbocycles. The first-order chi connectivity index (χ1) is 6.70. The van der Waals surface area contributed by atoms with Crippen LogP contribution in [0, 0.1) is 0 Å². The second-order valence-electron chi connectivity index (χ2n) is 2.32. The molecule has 0 saturated carbocycles. The van der Waals surface area contributed by atoms with Crippen LogP contribution in [0.2, 0.25) is 0 Å². The Morgan fingerprint density at radius 2 is 2.21 bits per heavy atom. The van der Waals surface area contributed by atoms with E-state index in [0.717, 1.165) is 0 Å². The zero-order valence-electron chi connectivity index (χ0n) is 7.78. The van der Waals surface area contributed by atoms with Crippen molar-refractivity contribution in [1.82, 2.24) is 10.6 Å². The third kappa shape index (κ3) is 7.63. The van der Waals surface area contributed by atoms with E-state index >= 15 is 0 Å². The highest BCUT2D eigenvalue weighted by molar-refractivity contribution is 7.99. The van der Waals surface area contributed by atoms with Gasteiger partial charge in [-0.2, -0.15) is 0 Å². The van der Waals surface area contributed by atoms with Crippen LogP contribution in [0.1, 0.15) is 0 Å². The predicted molar refractivity (Wildman–Crippen MR) is 56.1 cm³/mol. The molecule has 0 bridgehead atoms. The Morgan fingerprint density at radius 1 is 1.50 bits per heavy atom. The molecule has 6 heteroatoms. The third-order valence-corrected chi connectivity index (χ3v) is 2.07. The number of rotatable bonds is 6. The third-order valence-electron chi connectivity index (χ3n) is 1.13. The van der Waals surface area contributed by atoms with Crippen molar-refractivity contribution in [2.75, 3.05) is 24.7 Å². The van der Waals surface area contributed by atoms with Gasteiger partial charge in [0.2, 0.25) is 5.91 Å². The molecule has 3 amide bonds. The van der Waals surface area contributed by atoms with Crippen molar-refractivity contribution in [1.29, 1.82) is 0 Å². The molecule has 3 N–H and O–H groups in total. The molecule has 0 fully saturated rings. The number of hydrogen-bond donors (Lipinski definition) is 3. The lowest BCUT2D eigenvalue weighted by Gasteiger charge is -2.03. The van der Waals surface area contributed by atoms with Crippen LogP contribution in [0.3, 0.4) is 0 Å². The summed E-state index contributed by atoms with van der Waals surface area (Å²) in [5, 5.41) is 13.0. The molecule has 0 aromatic heterocycles. The zero-order valence-corrected chi connectivity index (χ0v) is 8.60. The summed E-state index contributed by atoms with van der Waals surface area (Å²) in [6.45, 7) is 3.76. The molecule has 0 aromatic carbocycles. The van der Waals surface area contributed by atoms with Crippen molar-refractivity contribution in [2.45, 2.75) is 0 Å². The highest BCUT2D eigenvalue weighted by Gasteiger charge is 2.05. The number of imide groups is 1. The van der Waals surface area contributed by atoms with Crippen molar-refractivity contribution in [3.8, 4) is 0 Å².